The van der Waals surface area contributed by atoms with Crippen LogP contribution < -0.4 is 5.73 Å². The van der Waals surface area contributed by atoms with Gasteiger partial charge in [-0.3, -0.25) is 0 Å². The van der Waals surface area contributed by atoms with Crippen molar-refractivity contribution in [3.05, 3.63) is 53.8 Å². The molecule has 0 aliphatic carbocycles. The van der Waals surface area contributed by atoms with Crippen LogP contribution >= 0.6 is 0 Å². The van der Waals surface area contributed by atoms with E-state index in [1.807, 2.05) is 0 Å². The predicted octanol–water partition coefficient (Wildman–Crippen LogP) is 3.35. The summed E-state index contributed by atoms with van der Waals surface area (Å²) in [7, 11) is 0. The minimum absolute atomic E-state index is 0.00815. The van der Waals surface area contributed by atoms with E-state index in [1.54, 1.807) is 0 Å². The second-order valence-electron chi connectivity index (χ2n) is 3.36. The van der Waals surface area contributed by atoms with Gasteiger partial charge in [0, 0.05) is 22.9 Å². The zero-order valence-electron chi connectivity index (χ0n) is 8.18. The van der Waals surface area contributed by atoms with Crippen LogP contribution in [0.25, 0.3) is 11.1 Å². The Morgan fingerprint density at radius 3 is 2.19 bits per heavy atom. The Bertz CT molecular complexity index is 538. The largest absolute Gasteiger partial charge is 0.399 e. The van der Waals surface area contributed by atoms with E-state index in [-0.39, 0.29) is 11.1 Å². The van der Waals surface area contributed by atoms with Crippen LogP contribution in [0.5, 0.6) is 0 Å². The molecule has 4 heteroatoms. The lowest BCUT2D eigenvalue weighted by Crippen LogP contribution is -1.92. The summed E-state index contributed by atoms with van der Waals surface area (Å²) in [5.41, 5.74) is 5.82. The molecule has 0 heterocycles. The van der Waals surface area contributed by atoms with E-state index < -0.39 is 17.5 Å². The second-order valence-corrected chi connectivity index (χ2v) is 3.36. The molecule has 0 unspecified atom stereocenters. The molecule has 0 spiro atoms. The summed E-state index contributed by atoms with van der Waals surface area (Å²) in [6.45, 7) is 0. The molecule has 0 saturated carbocycles. The average Bonchev–Trinajstić information content (AvgIpc) is 2.22. The molecule has 16 heavy (non-hydrogen) atoms. The summed E-state index contributed by atoms with van der Waals surface area (Å²) >= 11 is 0. The van der Waals surface area contributed by atoms with Gasteiger partial charge in [-0.15, -0.1) is 0 Å². The van der Waals surface area contributed by atoms with Gasteiger partial charge < -0.3 is 5.73 Å². The average molecular weight is 223 g/mol. The van der Waals surface area contributed by atoms with Gasteiger partial charge in [0.05, 0.1) is 0 Å². The van der Waals surface area contributed by atoms with Crippen LogP contribution in [-0.4, -0.2) is 0 Å². The van der Waals surface area contributed by atoms with Crippen molar-refractivity contribution in [3.63, 3.8) is 0 Å². The predicted molar refractivity (Wildman–Crippen MR) is 56.2 cm³/mol. The number of nitrogens with two attached hydrogens (primary N) is 1. The molecule has 0 aliphatic heterocycles. The van der Waals surface area contributed by atoms with Crippen LogP contribution in [0.3, 0.4) is 0 Å². The van der Waals surface area contributed by atoms with Gasteiger partial charge in [0.15, 0.2) is 0 Å². The first-order valence-electron chi connectivity index (χ1n) is 4.58. The molecular formula is C12H8F3N. The molecular weight excluding hydrogens is 215 g/mol. The number of halogens is 3. The van der Waals surface area contributed by atoms with Crippen LogP contribution in [-0.2, 0) is 0 Å². The van der Waals surface area contributed by atoms with Crippen LogP contribution in [0.2, 0.25) is 0 Å². The van der Waals surface area contributed by atoms with E-state index >= 15 is 0 Å². The lowest BCUT2D eigenvalue weighted by atomic mass is 10.0. The molecule has 2 rings (SSSR count). The topological polar surface area (TPSA) is 26.0 Å². The summed E-state index contributed by atoms with van der Waals surface area (Å²) in [5, 5.41) is 0. The van der Waals surface area contributed by atoms with Crippen LogP contribution in [0.1, 0.15) is 0 Å². The highest BCUT2D eigenvalue weighted by Gasteiger charge is 2.11. The van der Waals surface area contributed by atoms with Gasteiger partial charge in [0.25, 0.3) is 0 Å². The van der Waals surface area contributed by atoms with E-state index in [9.17, 15) is 13.2 Å². The lowest BCUT2D eigenvalue weighted by Gasteiger charge is -2.06. The fourth-order valence-corrected chi connectivity index (χ4v) is 1.46. The third-order valence-electron chi connectivity index (χ3n) is 2.21. The second kappa shape index (κ2) is 3.89. The molecule has 0 fully saturated rings. The van der Waals surface area contributed by atoms with E-state index in [0.717, 1.165) is 12.1 Å². The summed E-state index contributed by atoms with van der Waals surface area (Å²) in [6, 6.07) is 6.79. The normalized spacial score (nSPS) is 10.4. The van der Waals surface area contributed by atoms with Crippen molar-refractivity contribution < 1.29 is 13.2 Å². The van der Waals surface area contributed by atoms with Gasteiger partial charge in [-0.1, -0.05) is 0 Å². The van der Waals surface area contributed by atoms with Crippen molar-refractivity contribution in [2.24, 2.45) is 0 Å². The van der Waals surface area contributed by atoms with Crippen molar-refractivity contribution in [3.8, 4) is 11.1 Å². The molecule has 0 amide bonds. The maximum atomic E-state index is 13.4. The molecule has 0 radical (unpaired) electrons. The summed E-state index contributed by atoms with van der Waals surface area (Å²) in [6.07, 6.45) is 0. The number of nitrogen functional groups attached to an aromatic ring is 1. The lowest BCUT2D eigenvalue weighted by molar-refractivity contribution is 0.583. The molecule has 0 aliphatic rings. The van der Waals surface area contributed by atoms with E-state index in [1.165, 1.54) is 18.2 Å². The van der Waals surface area contributed by atoms with E-state index in [0.29, 0.717) is 11.8 Å². The fraction of sp³-hybridized carbons (Fsp3) is 0. The van der Waals surface area contributed by atoms with Crippen molar-refractivity contribution in [1.29, 1.82) is 0 Å². The summed E-state index contributed by atoms with van der Waals surface area (Å²) in [4.78, 5) is 0. The fourth-order valence-electron chi connectivity index (χ4n) is 1.46. The Balaban J connectivity index is 2.62. The molecule has 0 atom stereocenters. The van der Waals surface area contributed by atoms with Crippen molar-refractivity contribution in [2.75, 3.05) is 5.73 Å². The summed E-state index contributed by atoms with van der Waals surface area (Å²) in [5.74, 6) is -2.12. The van der Waals surface area contributed by atoms with Crippen LogP contribution in [0, 0.1) is 17.5 Å². The molecule has 0 bridgehead atoms. The molecule has 82 valence electrons. The maximum absolute atomic E-state index is 13.4. The Labute approximate surface area is 90.3 Å². The highest BCUT2D eigenvalue weighted by Crippen LogP contribution is 2.27. The maximum Gasteiger partial charge on any atom is 0.134 e. The zero-order valence-corrected chi connectivity index (χ0v) is 8.18. The van der Waals surface area contributed by atoms with Gasteiger partial charge in [0.1, 0.15) is 17.5 Å². The highest BCUT2D eigenvalue weighted by molar-refractivity contribution is 5.68. The zero-order chi connectivity index (χ0) is 11.7. The monoisotopic (exact) mass is 223 g/mol. The van der Waals surface area contributed by atoms with Gasteiger partial charge in [0.2, 0.25) is 0 Å². The molecule has 0 aromatic heterocycles. The first-order chi connectivity index (χ1) is 7.58. The molecule has 1 nitrogen and oxygen atoms in total. The quantitative estimate of drug-likeness (QED) is 0.737. The van der Waals surface area contributed by atoms with E-state index in [2.05, 4.69) is 0 Å². The number of anilines is 1. The Morgan fingerprint density at radius 2 is 1.50 bits per heavy atom. The molecule has 2 aromatic rings. The summed E-state index contributed by atoms with van der Waals surface area (Å²) < 4.78 is 39.5. The van der Waals surface area contributed by atoms with Gasteiger partial charge in [-0.2, -0.15) is 0 Å². The number of rotatable bonds is 1. The molecule has 2 aromatic carbocycles. The Hall–Kier alpha value is -1.97. The number of hydrogen-bond donors (Lipinski definition) is 1. The van der Waals surface area contributed by atoms with Gasteiger partial charge in [-0.05, 0) is 30.3 Å². The Morgan fingerprint density at radius 1 is 0.750 bits per heavy atom. The minimum atomic E-state index is -0.815. The number of benzene rings is 2. The van der Waals surface area contributed by atoms with Gasteiger partial charge >= 0.3 is 0 Å². The smallest absolute Gasteiger partial charge is 0.134 e. The van der Waals surface area contributed by atoms with Crippen molar-refractivity contribution in [1.82, 2.24) is 0 Å². The van der Waals surface area contributed by atoms with Crippen molar-refractivity contribution >= 4 is 5.69 Å². The van der Waals surface area contributed by atoms with Crippen LogP contribution in [0.15, 0.2) is 36.4 Å². The number of hydrogen-bond acceptors (Lipinski definition) is 1. The Kier molecular flexibility index (Phi) is 2.56. The third kappa shape index (κ3) is 1.86. The first-order valence-corrected chi connectivity index (χ1v) is 4.58. The van der Waals surface area contributed by atoms with Gasteiger partial charge in [-0.25, -0.2) is 13.2 Å². The molecule has 0 saturated heterocycles. The van der Waals surface area contributed by atoms with Crippen LogP contribution in [0.4, 0.5) is 18.9 Å². The van der Waals surface area contributed by atoms with Crippen molar-refractivity contribution in [2.45, 2.75) is 0 Å². The third-order valence-corrected chi connectivity index (χ3v) is 2.21. The highest BCUT2D eigenvalue weighted by atomic mass is 19.1. The van der Waals surface area contributed by atoms with E-state index in [4.69, 9.17) is 5.73 Å². The first kappa shape index (κ1) is 10.5. The standard InChI is InChI=1S/C12H8F3N/c13-7-1-3-9(12(15)5-7)10-6-8(16)2-4-11(10)14/h1-6H,16H2. The molecule has 2 N–H and O–H groups in total. The minimum Gasteiger partial charge on any atom is -0.399 e. The SMILES string of the molecule is Nc1ccc(F)c(-c2ccc(F)cc2F)c1.